The number of urea groups is 3. The third kappa shape index (κ3) is 1.87. The number of hydrogen-bond donors (Lipinski definition) is 6. The summed E-state index contributed by atoms with van der Waals surface area (Å²) in [7, 11) is 0. The molecule has 0 fully saturated rings. The van der Waals surface area contributed by atoms with Crippen molar-refractivity contribution in [3.63, 3.8) is 0 Å². The SMILES string of the molecule is O=C1Nc2ccc3c4c(ccc(c24)N1)C12c4ccc5c6c(ccc(c46)C31c1ccc3c4c(ccc2c14)NC(=O)N3)NC(=O)N5. The Bertz CT molecular complexity index is 2150. The molecular weight excluding hydrogens is 552 g/mol. The van der Waals surface area contributed by atoms with E-state index in [0.29, 0.717) is 0 Å². The second-order valence-corrected chi connectivity index (χ2v) is 12.5. The van der Waals surface area contributed by atoms with Crippen molar-refractivity contribution in [2.45, 2.75) is 10.8 Å². The number of anilines is 6. The van der Waals surface area contributed by atoms with Gasteiger partial charge >= 0.3 is 18.1 Å². The van der Waals surface area contributed by atoms with Gasteiger partial charge < -0.3 is 31.9 Å². The number of rotatable bonds is 0. The second-order valence-electron chi connectivity index (χ2n) is 12.5. The zero-order valence-electron chi connectivity index (χ0n) is 22.7. The molecule has 6 aromatic rings. The normalized spacial score (nSPS) is 23.0. The highest BCUT2D eigenvalue weighted by Crippen LogP contribution is 2.77. The van der Waals surface area contributed by atoms with Crippen LogP contribution in [0.1, 0.15) is 33.4 Å². The van der Waals surface area contributed by atoms with Crippen LogP contribution in [0.3, 0.4) is 0 Å². The summed E-state index contributed by atoms with van der Waals surface area (Å²) in [5, 5.41) is 24.7. The number of amides is 6. The highest BCUT2D eigenvalue weighted by Gasteiger charge is 2.70. The highest BCUT2D eigenvalue weighted by atomic mass is 16.2. The molecule has 0 saturated heterocycles. The lowest BCUT2D eigenvalue weighted by Gasteiger charge is -2.40. The minimum absolute atomic E-state index is 0.242. The van der Waals surface area contributed by atoms with Gasteiger partial charge in [-0.3, -0.25) is 0 Å². The lowest BCUT2D eigenvalue weighted by atomic mass is 9.59. The molecule has 12 rings (SSSR count). The molecule has 3 heterocycles. The van der Waals surface area contributed by atoms with Crippen LogP contribution in [0.5, 0.6) is 0 Å². The minimum Gasteiger partial charge on any atom is -0.307 e. The third-order valence-electron chi connectivity index (χ3n) is 11.0. The topological polar surface area (TPSA) is 123 Å². The molecule has 6 amide bonds. The van der Waals surface area contributed by atoms with E-state index in [9.17, 15) is 14.4 Å². The van der Waals surface area contributed by atoms with E-state index in [-0.39, 0.29) is 18.1 Å². The van der Waals surface area contributed by atoms with Crippen molar-refractivity contribution in [3.8, 4) is 0 Å². The number of hydrogen-bond acceptors (Lipinski definition) is 3. The Balaban J connectivity index is 1.35. The first-order valence-corrected chi connectivity index (χ1v) is 14.6. The summed E-state index contributed by atoms with van der Waals surface area (Å²) >= 11 is 0. The van der Waals surface area contributed by atoms with Crippen LogP contribution in [0.2, 0.25) is 0 Å². The van der Waals surface area contributed by atoms with Crippen LogP contribution in [-0.4, -0.2) is 18.1 Å². The Labute approximate surface area is 247 Å². The summed E-state index contributed by atoms with van der Waals surface area (Å²) in [4.78, 5) is 37.7. The first-order chi connectivity index (χ1) is 21.5. The number of nitrogens with one attached hydrogen (secondary N) is 6. The van der Waals surface area contributed by atoms with E-state index in [1.807, 2.05) is 36.4 Å². The van der Waals surface area contributed by atoms with Gasteiger partial charge in [-0.25, -0.2) is 14.4 Å². The summed E-state index contributed by atoms with van der Waals surface area (Å²) in [5.74, 6) is 0. The standard InChI is InChI=1S/C35H18N6O3/c42-31-36-19-7-1-13-25-14(2-8-20(37-31)28(19)25)35-17-5-11-23-29-21(38-32(43)40-23)9-3-15(26(17)29)34(13,35)16-4-10-22-30-24(41-33(44)39-22)12-6-18(35)27(16)30/h1-12H,(H2,36,37,42)(H2,38,40,43)(H2,39,41,44). The smallest absolute Gasteiger partial charge is 0.307 e. The van der Waals surface area contributed by atoms with Crippen LogP contribution in [0.4, 0.5) is 48.5 Å². The van der Waals surface area contributed by atoms with Crippen LogP contribution in [0, 0.1) is 0 Å². The van der Waals surface area contributed by atoms with E-state index in [2.05, 4.69) is 68.3 Å². The Hall–Kier alpha value is -6.09. The Morgan fingerprint density at radius 1 is 0.295 bits per heavy atom. The largest absolute Gasteiger partial charge is 0.323 e. The number of benzene rings is 6. The van der Waals surface area contributed by atoms with Gasteiger partial charge in [0.2, 0.25) is 0 Å². The molecule has 6 N–H and O–H groups in total. The van der Waals surface area contributed by atoms with Crippen LogP contribution < -0.4 is 31.9 Å². The van der Waals surface area contributed by atoms with Crippen molar-refractivity contribution in [1.29, 1.82) is 0 Å². The van der Waals surface area contributed by atoms with E-state index < -0.39 is 10.8 Å². The fourth-order valence-corrected chi connectivity index (χ4v) is 9.90. The molecule has 0 spiro atoms. The van der Waals surface area contributed by atoms with Crippen molar-refractivity contribution in [2.24, 2.45) is 0 Å². The van der Waals surface area contributed by atoms with Gasteiger partial charge in [0.25, 0.3) is 0 Å². The average Bonchev–Trinajstić information content (AvgIpc) is 3.54. The first-order valence-electron chi connectivity index (χ1n) is 14.6. The Kier molecular flexibility index (Phi) is 3.09. The number of carbonyl (C=O) groups is 3. The maximum absolute atomic E-state index is 12.6. The predicted molar refractivity (Wildman–Crippen MR) is 170 cm³/mol. The summed E-state index contributed by atoms with van der Waals surface area (Å²) in [6, 6.07) is 24.6. The monoisotopic (exact) mass is 570 g/mol. The van der Waals surface area contributed by atoms with Crippen LogP contribution in [0.25, 0.3) is 32.3 Å². The summed E-state index contributed by atoms with van der Waals surface area (Å²) in [6.07, 6.45) is 0. The van der Waals surface area contributed by atoms with Gasteiger partial charge in [0.15, 0.2) is 0 Å². The van der Waals surface area contributed by atoms with Gasteiger partial charge in [-0.1, -0.05) is 36.4 Å². The van der Waals surface area contributed by atoms with E-state index >= 15 is 0 Å². The van der Waals surface area contributed by atoms with E-state index in [0.717, 1.165) is 66.4 Å². The number of carbonyl (C=O) groups excluding carboxylic acids is 3. The fourth-order valence-electron chi connectivity index (χ4n) is 9.90. The Morgan fingerprint density at radius 2 is 0.500 bits per heavy atom. The predicted octanol–water partition coefficient (Wildman–Crippen LogP) is 7.33. The Morgan fingerprint density at radius 3 is 0.705 bits per heavy atom. The molecular formula is C35H18N6O3. The van der Waals surface area contributed by atoms with Gasteiger partial charge in [-0.05, 0) is 85.9 Å². The molecule has 3 aliphatic carbocycles. The fraction of sp³-hybridized carbons (Fsp3) is 0.0571. The van der Waals surface area contributed by atoms with Gasteiger partial charge in [0.1, 0.15) is 0 Å². The molecule has 0 aromatic heterocycles. The maximum Gasteiger partial charge on any atom is 0.323 e. The highest BCUT2D eigenvalue weighted by molar-refractivity contribution is 6.27. The summed E-state index contributed by atoms with van der Waals surface area (Å²) in [5.41, 5.74) is 10.5. The lowest BCUT2D eigenvalue weighted by Crippen LogP contribution is -2.42. The molecule has 0 saturated carbocycles. The van der Waals surface area contributed by atoms with Crippen LogP contribution in [-0.2, 0) is 10.8 Å². The molecule has 0 unspecified atom stereocenters. The van der Waals surface area contributed by atoms with E-state index in [1.165, 1.54) is 33.4 Å². The molecule has 0 atom stereocenters. The van der Waals surface area contributed by atoms with Crippen molar-refractivity contribution in [1.82, 2.24) is 0 Å². The van der Waals surface area contributed by atoms with Gasteiger partial charge in [-0.15, -0.1) is 0 Å². The van der Waals surface area contributed by atoms with Crippen molar-refractivity contribution < 1.29 is 14.4 Å². The zero-order valence-corrected chi connectivity index (χ0v) is 22.7. The van der Waals surface area contributed by atoms with Crippen molar-refractivity contribution in [2.75, 3.05) is 31.9 Å². The van der Waals surface area contributed by atoms with E-state index in [4.69, 9.17) is 0 Å². The van der Waals surface area contributed by atoms with Gasteiger partial charge in [0, 0.05) is 16.2 Å². The average molecular weight is 571 g/mol. The zero-order chi connectivity index (χ0) is 28.9. The maximum atomic E-state index is 12.6. The lowest BCUT2D eigenvalue weighted by molar-refractivity contribution is 0.261. The molecule has 0 bridgehead atoms. The summed E-state index contributed by atoms with van der Waals surface area (Å²) in [6.45, 7) is 0. The van der Waals surface area contributed by atoms with Crippen LogP contribution in [0.15, 0.2) is 72.8 Å². The van der Waals surface area contributed by atoms with E-state index in [1.54, 1.807) is 0 Å². The molecule has 9 nitrogen and oxygen atoms in total. The first kappa shape index (κ1) is 21.6. The van der Waals surface area contributed by atoms with Crippen molar-refractivity contribution in [3.05, 3.63) is 106 Å². The van der Waals surface area contributed by atoms with Gasteiger partial charge in [0.05, 0.1) is 45.0 Å². The third-order valence-corrected chi connectivity index (χ3v) is 11.0. The quantitative estimate of drug-likeness (QED) is 0.115. The molecule has 6 aliphatic rings. The molecule has 3 aliphatic heterocycles. The molecule has 0 radical (unpaired) electrons. The molecule has 6 aromatic carbocycles. The second kappa shape index (κ2) is 6.30. The molecule has 206 valence electrons. The van der Waals surface area contributed by atoms with Crippen molar-refractivity contribution >= 4 is 84.5 Å². The minimum atomic E-state index is -0.643. The molecule has 9 heteroatoms. The van der Waals surface area contributed by atoms with Crippen LogP contribution >= 0.6 is 0 Å². The molecule has 44 heavy (non-hydrogen) atoms. The van der Waals surface area contributed by atoms with Gasteiger partial charge in [-0.2, -0.15) is 0 Å². The summed E-state index contributed by atoms with van der Waals surface area (Å²) < 4.78 is 0.